The molecule has 1 unspecified atom stereocenters. The lowest BCUT2D eigenvalue weighted by atomic mass is 9.88. The van der Waals surface area contributed by atoms with Crippen molar-refractivity contribution in [1.82, 2.24) is 19.8 Å². The largest absolute Gasteiger partial charge is 0.331 e. The Labute approximate surface area is 190 Å². The maximum atomic E-state index is 12.6. The topological polar surface area (TPSA) is 84.3 Å². The van der Waals surface area contributed by atoms with Crippen LogP contribution in [0.1, 0.15) is 40.4 Å². The number of carbonyl (C=O) groups is 3. The normalized spacial score (nSPS) is 18.5. The summed E-state index contributed by atoms with van der Waals surface area (Å²) in [5, 5.41) is 2.92. The molecule has 8 heteroatoms. The van der Waals surface area contributed by atoms with E-state index in [1.54, 1.807) is 12.5 Å². The number of imide groups is 1. The van der Waals surface area contributed by atoms with Gasteiger partial charge in [0.05, 0.1) is 23.5 Å². The molecule has 0 aliphatic carbocycles. The van der Waals surface area contributed by atoms with Crippen molar-refractivity contribution in [3.63, 3.8) is 0 Å². The fraction of sp³-hybridized carbons (Fsp3) is 0.250. The van der Waals surface area contributed by atoms with Crippen molar-refractivity contribution < 1.29 is 14.4 Å². The zero-order valence-electron chi connectivity index (χ0n) is 17.3. The van der Waals surface area contributed by atoms with Gasteiger partial charge in [0.15, 0.2) is 0 Å². The molecule has 0 radical (unpaired) electrons. The first-order valence-electron chi connectivity index (χ1n) is 10.5. The summed E-state index contributed by atoms with van der Waals surface area (Å²) in [5.41, 5.74) is 4.13. The van der Waals surface area contributed by atoms with E-state index in [0.29, 0.717) is 36.6 Å². The van der Waals surface area contributed by atoms with Crippen LogP contribution in [0.4, 0.5) is 0 Å². The molecule has 32 heavy (non-hydrogen) atoms. The van der Waals surface area contributed by atoms with Gasteiger partial charge in [0, 0.05) is 31.6 Å². The molecule has 1 aromatic heterocycles. The van der Waals surface area contributed by atoms with E-state index in [4.69, 9.17) is 11.6 Å². The third-order valence-electron chi connectivity index (χ3n) is 6.11. The molecule has 1 fully saturated rings. The van der Waals surface area contributed by atoms with Gasteiger partial charge < -0.3 is 9.47 Å². The first-order chi connectivity index (χ1) is 15.5. The number of benzene rings is 2. The summed E-state index contributed by atoms with van der Waals surface area (Å²) in [7, 11) is 0. The van der Waals surface area contributed by atoms with Crippen molar-refractivity contribution >= 4 is 29.3 Å². The van der Waals surface area contributed by atoms with E-state index in [2.05, 4.69) is 10.3 Å². The van der Waals surface area contributed by atoms with Crippen LogP contribution in [0.15, 0.2) is 55.0 Å². The minimum atomic E-state index is -0.432. The molecule has 1 saturated heterocycles. The first kappa shape index (κ1) is 20.5. The molecular formula is C24H21ClN4O3. The average molecular weight is 449 g/mol. The Hall–Kier alpha value is -3.45. The molecule has 7 nitrogen and oxygen atoms in total. The second-order valence-corrected chi connectivity index (χ2v) is 8.49. The van der Waals surface area contributed by atoms with E-state index in [0.717, 1.165) is 28.8 Å². The van der Waals surface area contributed by atoms with Crippen LogP contribution in [0.3, 0.4) is 0 Å². The molecule has 1 N–H and O–H groups in total. The monoisotopic (exact) mass is 448 g/mol. The summed E-state index contributed by atoms with van der Waals surface area (Å²) < 4.78 is 1.87. The highest BCUT2D eigenvalue weighted by Crippen LogP contribution is 2.37. The molecule has 0 saturated carbocycles. The average Bonchev–Trinajstić information content (AvgIpc) is 3.27. The molecule has 0 spiro atoms. The summed E-state index contributed by atoms with van der Waals surface area (Å²) >= 11 is 6.70. The Morgan fingerprint density at radius 3 is 2.66 bits per heavy atom. The van der Waals surface area contributed by atoms with Gasteiger partial charge in [-0.15, -0.1) is 0 Å². The number of rotatable bonds is 4. The number of piperidine rings is 1. The maximum Gasteiger partial charge on any atom is 0.272 e. The van der Waals surface area contributed by atoms with Gasteiger partial charge in [-0.1, -0.05) is 54.1 Å². The van der Waals surface area contributed by atoms with E-state index in [1.165, 1.54) is 0 Å². The predicted octanol–water partition coefficient (Wildman–Crippen LogP) is 3.38. The summed E-state index contributed by atoms with van der Waals surface area (Å²) in [6.45, 7) is 1.90. The lowest BCUT2D eigenvalue weighted by Crippen LogP contribution is -2.39. The molecule has 2 aromatic carbocycles. The number of fused-ring (bicyclic) bond motifs is 1. The molecule has 1 atom stereocenters. The molecule has 0 bridgehead atoms. The molecule has 162 valence electrons. The van der Waals surface area contributed by atoms with Crippen LogP contribution in [-0.4, -0.2) is 38.7 Å². The molecular weight excluding hydrogens is 428 g/mol. The third-order valence-corrected chi connectivity index (χ3v) is 6.53. The van der Waals surface area contributed by atoms with Crippen molar-refractivity contribution in [3.05, 3.63) is 76.8 Å². The van der Waals surface area contributed by atoms with Crippen molar-refractivity contribution in [2.75, 3.05) is 6.54 Å². The Balaban J connectivity index is 1.35. The molecule has 3 aromatic rings. The minimum absolute atomic E-state index is 0.0159. The highest BCUT2D eigenvalue weighted by atomic mass is 35.5. The molecule has 2 aliphatic rings. The van der Waals surface area contributed by atoms with Crippen LogP contribution in [0.25, 0.3) is 11.1 Å². The lowest BCUT2D eigenvalue weighted by Gasteiger charge is -2.28. The quantitative estimate of drug-likeness (QED) is 0.620. The summed E-state index contributed by atoms with van der Waals surface area (Å²) in [5.74, 6) is -0.996. The fourth-order valence-corrected chi connectivity index (χ4v) is 4.73. The van der Waals surface area contributed by atoms with Crippen LogP contribution < -0.4 is 5.32 Å². The van der Waals surface area contributed by atoms with Crippen molar-refractivity contribution in [3.8, 4) is 11.1 Å². The number of halogens is 1. The number of aromatic nitrogens is 2. The van der Waals surface area contributed by atoms with Gasteiger partial charge >= 0.3 is 0 Å². The van der Waals surface area contributed by atoms with Crippen molar-refractivity contribution in [2.45, 2.75) is 31.8 Å². The summed E-state index contributed by atoms with van der Waals surface area (Å²) in [6, 6.07) is 13.6. The van der Waals surface area contributed by atoms with E-state index in [-0.39, 0.29) is 17.7 Å². The van der Waals surface area contributed by atoms with Crippen LogP contribution in [0.5, 0.6) is 0 Å². The van der Waals surface area contributed by atoms with E-state index in [9.17, 15) is 14.4 Å². The predicted molar refractivity (Wildman–Crippen MR) is 119 cm³/mol. The Bertz CT molecular complexity index is 1220. The number of nitrogens with zero attached hydrogens (tertiary/aromatic N) is 3. The number of carbonyl (C=O) groups excluding carboxylic acids is 3. The molecule has 3 heterocycles. The SMILES string of the molecule is O=C1CCC(c2cccc(-c3ccc(CN4CCn5cncc5C4=O)cc3)c2Cl)C(=O)N1. The fourth-order valence-electron chi connectivity index (χ4n) is 4.36. The molecule has 2 aliphatic heterocycles. The van der Waals surface area contributed by atoms with Crippen LogP contribution in [0.2, 0.25) is 5.02 Å². The van der Waals surface area contributed by atoms with Crippen molar-refractivity contribution in [1.29, 1.82) is 0 Å². The third kappa shape index (κ3) is 3.69. The van der Waals surface area contributed by atoms with Crippen LogP contribution in [0, 0.1) is 0 Å². The Morgan fingerprint density at radius 2 is 1.88 bits per heavy atom. The van der Waals surface area contributed by atoms with Crippen LogP contribution in [-0.2, 0) is 22.7 Å². The Morgan fingerprint density at radius 1 is 1.06 bits per heavy atom. The van der Waals surface area contributed by atoms with Gasteiger partial charge in [0.2, 0.25) is 11.8 Å². The number of imidazole rings is 1. The van der Waals surface area contributed by atoms with E-state index < -0.39 is 5.92 Å². The molecule has 5 rings (SSSR count). The highest BCUT2D eigenvalue weighted by Gasteiger charge is 2.30. The summed E-state index contributed by atoms with van der Waals surface area (Å²) in [4.78, 5) is 42.3. The summed E-state index contributed by atoms with van der Waals surface area (Å²) in [6.07, 6.45) is 4.05. The standard InChI is InChI=1S/C24H21ClN4O3/c25-22-17(2-1-3-18(22)19-8-9-21(30)27-23(19)31)16-6-4-15(5-7-16)13-28-10-11-29-14-26-12-20(29)24(28)32/h1-7,12,14,19H,8-11,13H2,(H,27,30,31). The Kier molecular flexibility index (Phi) is 5.27. The molecule has 3 amide bonds. The van der Waals surface area contributed by atoms with Crippen molar-refractivity contribution in [2.24, 2.45) is 0 Å². The van der Waals surface area contributed by atoms with E-state index >= 15 is 0 Å². The number of hydrogen-bond acceptors (Lipinski definition) is 4. The van der Waals surface area contributed by atoms with Crippen LogP contribution >= 0.6 is 11.6 Å². The second-order valence-electron chi connectivity index (χ2n) is 8.11. The van der Waals surface area contributed by atoms with Gasteiger partial charge in [-0.3, -0.25) is 19.7 Å². The number of nitrogens with one attached hydrogen (secondary N) is 1. The first-order valence-corrected chi connectivity index (χ1v) is 10.9. The van der Waals surface area contributed by atoms with Gasteiger partial charge in [0.1, 0.15) is 5.69 Å². The zero-order valence-corrected chi connectivity index (χ0v) is 18.0. The minimum Gasteiger partial charge on any atom is -0.331 e. The van der Waals surface area contributed by atoms with Gasteiger partial charge in [-0.05, 0) is 23.1 Å². The van der Waals surface area contributed by atoms with E-state index in [1.807, 2.05) is 51.9 Å². The zero-order chi connectivity index (χ0) is 22.2. The smallest absolute Gasteiger partial charge is 0.272 e. The van der Waals surface area contributed by atoms with Gasteiger partial charge in [-0.2, -0.15) is 0 Å². The van der Waals surface area contributed by atoms with Gasteiger partial charge in [-0.25, -0.2) is 4.98 Å². The number of amides is 3. The highest BCUT2D eigenvalue weighted by molar-refractivity contribution is 6.34. The number of hydrogen-bond donors (Lipinski definition) is 1. The lowest BCUT2D eigenvalue weighted by molar-refractivity contribution is -0.134. The maximum absolute atomic E-state index is 12.6. The van der Waals surface area contributed by atoms with Gasteiger partial charge in [0.25, 0.3) is 5.91 Å². The second kappa shape index (κ2) is 8.24.